The molecule has 1 saturated heterocycles. The summed E-state index contributed by atoms with van der Waals surface area (Å²) in [4.78, 5) is 49.9. The van der Waals surface area contributed by atoms with Crippen molar-refractivity contribution < 1.29 is 37.9 Å². The van der Waals surface area contributed by atoms with Gasteiger partial charge in [-0.2, -0.15) is 0 Å². The molecule has 3 atom stereocenters. The molecule has 3 N–H and O–H groups in total. The standard InChI is InChI=1S/C21H32N4O8.C7H8/c1-12(2)6-14(18(27)21(3)11-32-21)23-17(26)8-22-19(28)16(10-31-5)24-20(29)15-7-13(9-30-4)33-25-15;1-7-5-3-2-4-6-7/h7,12,14,16H,6,8-11H2,1-5H3,(H,22,28)(H,23,26)(H,24,29);2-6H,1H3/t14-,16-,21+;/m0./s1. The third kappa shape index (κ3) is 10.9. The van der Waals surface area contributed by atoms with Gasteiger partial charge in [-0.1, -0.05) is 54.9 Å². The van der Waals surface area contributed by atoms with Crippen LogP contribution in [0.15, 0.2) is 40.9 Å². The highest BCUT2D eigenvalue weighted by Crippen LogP contribution is 2.29. The molecule has 1 aromatic heterocycles. The lowest BCUT2D eigenvalue weighted by molar-refractivity contribution is -0.131. The van der Waals surface area contributed by atoms with Gasteiger partial charge in [0.2, 0.25) is 11.8 Å². The SMILES string of the molecule is COCc1cc(C(=O)N[C@@H](COC)C(=O)NCC(=O)N[C@@H](CC(C)C)C(=O)[C@@]2(C)CO2)no1.Cc1ccccc1. The Morgan fingerprint density at radius 1 is 1.05 bits per heavy atom. The molecule has 2 aromatic rings. The van der Waals surface area contributed by atoms with Crippen molar-refractivity contribution in [3.63, 3.8) is 0 Å². The quantitative estimate of drug-likeness (QED) is 0.291. The van der Waals surface area contributed by atoms with Gasteiger partial charge in [0.1, 0.15) is 18.2 Å². The number of benzene rings is 1. The number of aromatic nitrogens is 1. The van der Waals surface area contributed by atoms with Crippen LogP contribution in [0.1, 0.15) is 49.0 Å². The maximum Gasteiger partial charge on any atom is 0.274 e. The molecule has 1 aromatic carbocycles. The minimum Gasteiger partial charge on any atom is -0.382 e. The van der Waals surface area contributed by atoms with Gasteiger partial charge in [0, 0.05) is 20.3 Å². The van der Waals surface area contributed by atoms with Crippen LogP contribution in [0.25, 0.3) is 0 Å². The highest BCUT2D eigenvalue weighted by atomic mass is 16.6. The molecule has 12 nitrogen and oxygen atoms in total. The molecule has 220 valence electrons. The molecule has 1 aliphatic heterocycles. The third-order valence-corrected chi connectivity index (χ3v) is 5.85. The van der Waals surface area contributed by atoms with Gasteiger partial charge in [-0.25, -0.2) is 0 Å². The summed E-state index contributed by atoms with van der Waals surface area (Å²) in [5.41, 5.74) is 0.427. The number of hydrogen-bond acceptors (Lipinski definition) is 9. The molecule has 1 aliphatic rings. The molecule has 0 radical (unpaired) electrons. The van der Waals surface area contributed by atoms with Gasteiger partial charge < -0.3 is 34.7 Å². The number of Topliss-reactive ketones (excluding diaryl/α,β-unsaturated/α-hetero) is 1. The second kappa shape index (κ2) is 15.8. The zero-order chi connectivity index (χ0) is 29.7. The van der Waals surface area contributed by atoms with Gasteiger partial charge in [0.15, 0.2) is 17.2 Å². The maximum atomic E-state index is 12.6. The van der Waals surface area contributed by atoms with Crippen molar-refractivity contribution in [3.8, 4) is 0 Å². The number of carbonyl (C=O) groups is 4. The Morgan fingerprint density at radius 3 is 2.25 bits per heavy atom. The highest BCUT2D eigenvalue weighted by Gasteiger charge is 2.50. The minimum absolute atomic E-state index is 0.0282. The molecule has 1 fully saturated rings. The molecule has 3 amide bonds. The Bertz CT molecular complexity index is 1110. The number of nitrogens with one attached hydrogen (secondary N) is 3. The van der Waals surface area contributed by atoms with E-state index in [2.05, 4.69) is 40.2 Å². The van der Waals surface area contributed by atoms with Crippen LogP contribution < -0.4 is 16.0 Å². The van der Waals surface area contributed by atoms with E-state index in [9.17, 15) is 19.2 Å². The summed E-state index contributed by atoms with van der Waals surface area (Å²) < 4.78 is 20.1. The predicted molar refractivity (Wildman–Crippen MR) is 145 cm³/mol. The molecule has 40 heavy (non-hydrogen) atoms. The Kier molecular flexibility index (Phi) is 12.9. The van der Waals surface area contributed by atoms with Gasteiger partial charge in [0.25, 0.3) is 5.91 Å². The molecule has 12 heteroatoms. The first kappa shape index (κ1) is 32.6. The Balaban J connectivity index is 0.000000693. The fraction of sp³-hybridized carbons (Fsp3) is 0.536. The largest absolute Gasteiger partial charge is 0.382 e. The number of rotatable bonds is 14. The highest BCUT2D eigenvalue weighted by molar-refractivity contribution is 5.98. The molecule has 0 spiro atoms. The minimum atomic E-state index is -1.08. The number of hydrogen-bond donors (Lipinski definition) is 3. The first-order valence-corrected chi connectivity index (χ1v) is 13.0. The summed E-state index contributed by atoms with van der Waals surface area (Å²) >= 11 is 0. The maximum absolute atomic E-state index is 12.6. The second-order valence-electron chi connectivity index (χ2n) is 10.1. The van der Waals surface area contributed by atoms with Crippen molar-refractivity contribution in [2.24, 2.45) is 5.92 Å². The third-order valence-electron chi connectivity index (χ3n) is 5.85. The fourth-order valence-corrected chi connectivity index (χ4v) is 3.60. The summed E-state index contributed by atoms with van der Waals surface area (Å²) in [5.74, 6) is -1.50. The first-order valence-electron chi connectivity index (χ1n) is 13.0. The van der Waals surface area contributed by atoms with E-state index in [0.29, 0.717) is 18.8 Å². The van der Waals surface area contributed by atoms with Crippen LogP contribution in [-0.4, -0.2) is 80.3 Å². The Labute approximate surface area is 234 Å². The van der Waals surface area contributed by atoms with E-state index in [1.165, 1.54) is 25.8 Å². The van der Waals surface area contributed by atoms with Crippen LogP contribution in [0, 0.1) is 12.8 Å². The Morgan fingerprint density at radius 2 is 1.73 bits per heavy atom. The molecule has 0 saturated carbocycles. The van der Waals surface area contributed by atoms with E-state index < -0.39 is 35.4 Å². The number of amides is 3. The van der Waals surface area contributed by atoms with Crippen LogP contribution in [0.5, 0.6) is 0 Å². The summed E-state index contributed by atoms with van der Waals surface area (Å²) in [6, 6.07) is 9.86. The number of methoxy groups -OCH3 is 2. The molecule has 0 bridgehead atoms. The van der Waals surface area contributed by atoms with Crippen molar-refractivity contribution in [3.05, 3.63) is 53.4 Å². The summed E-state index contributed by atoms with van der Waals surface area (Å²) in [5, 5.41) is 11.2. The zero-order valence-corrected chi connectivity index (χ0v) is 23.9. The summed E-state index contributed by atoms with van der Waals surface area (Å²) in [6.45, 7) is 7.60. The molecule has 3 rings (SSSR count). The van der Waals surface area contributed by atoms with Gasteiger partial charge in [0.05, 0.1) is 25.8 Å². The average molecular weight is 561 g/mol. The van der Waals surface area contributed by atoms with E-state index in [1.807, 2.05) is 32.0 Å². The first-order chi connectivity index (χ1) is 19.0. The number of ether oxygens (including phenoxy) is 3. The van der Waals surface area contributed by atoms with Crippen molar-refractivity contribution in [1.29, 1.82) is 0 Å². The Hall–Kier alpha value is -3.61. The van der Waals surface area contributed by atoms with Gasteiger partial charge in [-0.05, 0) is 26.2 Å². The number of aryl methyl sites for hydroxylation is 1. The fourth-order valence-electron chi connectivity index (χ4n) is 3.60. The lowest BCUT2D eigenvalue weighted by Crippen LogP contribution is -2.53. The van der Waals surface area contributed by atoms with Crippen molar-refractivity contribution >= 4 is 23.5 Å². The smallest absolute Gasteiger partial charge is 0.274 e. The van der Waals surface area contributed by atoms with E-state index in [0.717, 1.165) is 0 Å². The zero-order valence-electron chi connectivity index (χ0n) is 23.9. The van der Waals surface area contributed by atoms with Crippen LogP contribution in [0.4, 0.5) is 0 Å². The normalized spacial score (nSPS) is 17.2. The van der Waals surface area contributed by atoms with Crippen LogP contribution in [0.3, 0.4) is 0 Å². The van der Waals surface area contributed by atoms with Crippen LogP contribution in [0.2, 0.25) is 0 Å². The van der Waals surface area contributed by atoms with Gasteiger partial charge in [-0.15, -0.1) is 0 Å². The van der Waals surface area contributed by atoms with Gasteiger partial charge in [-0.3, -0.25) is 19.2 Å². The number of ketones is 1. The van der Waals surface area contributed by atoms with Crippen LogP contribution >= 0.6 is 0 Å². The molecule has 0 aliphatic carbocycles. The van der Waals surface area contributed by atoms with E-state index in [-0.39, 0.29) is 37.2 Å². The molecule has 0 unspecified atom stereocenters. The second-order valence-corrected chi connectivity index (χ2v) is 10.1. The average Bonchev–Trinajstić information content (AvgIpc) is 3.49. The number of carbonyl (C=O) groups excluding carboxylic acids is 4. The van der Waals surface area contributed by atoms with Crippen molar-refractivity contribution in [2.45, 2.75) is 58.4 Å². The lowest BCUT2D eigenvalue weighted by Gasteiger charge is -2.22. The topological polar surface area (TPSA) is 161 Å². The van der Waals surface area contributed by atoms with Crippen molar-refractivity contribution in [1.82, 2.24) is 21.1 Å². The van der Waals surface area contributed by atoms with Crippen molar-refractivity contribution in [2.75, 3.05) is 34.0 Å². The number of nitrogens with zero attached hydrogens (tertiary/aromatic N) is 1. The van der Waals surface area contributed by atoms with E-state index in [4.69, 9.17) is 18.7 Å². The van der Waals surface area contributed by atoms with Gasteiger partial charge >= 0.3 is 0 Å². The molecular formula is C28H40N4O8. The summed E-state index contributed by atoms with van der Waals surface area (Å²) in [7, 11) is 2.84. The molecular weight excluding hydrogens is 520 g/mol. The van der Waals surface area contributed by atoms with Crippen LogP contribution in [-0.2, 0) is 35.2 Å². The lowest BCUT2D eigenvalue weighted by atomic mass is 9.93. The molecule has 2 heterocycles. The predicted octanol–water partition coefficient (Wildman–Crippen LogP) is 1.57. The number of epoxide rings is 1. The van der Waals surface area contributed by atoms with E-state index in [1.54, 1.807) is 6.92 Å². The monoisotopic (exact) mass is 560 g/mol. The summed E-state index contributed by atoms with van der Waals surface area (Å²) in [6.07, 6.45) is 0.447. The van der Waals surface area contributed by atoms with E-state index >= 15 is 0 Å².